The highest BCUT2D eigenvalue weighted by Crippen LogP contribution is 1.93. The van der Waals surface area contributed by atoms with Crippen molar-refractivity contribution in [3.8, 4) is 0 Å². The van der Waals surface area contributed by atoms with E-state index in [-0.39, 0.29) is 0 Å². The summed E-state index contributed by atoms with van der Waals surface area (Å²) in [5.41, 5.74) is 0. The van der Waals surface area contributed by atoms with Crippen LogP contribution in [-0.2, 0) is 0 Å². The van der Waals surface area contributed by atoms with Crippen molar-refractivity contribution < 1.29 is 0 Å². The van der Waals surface area contributed by atoms with Gasteiger partial charge in [-0.25, -0.2) is 0 Å². The van der Waals surface area contributed by atoms with Crippen molar-refractivity contribution in [2.24, 2.45) is 4.99 Å². The van der Waals surface area contributed by atoms with E-state index in [2.05, 4.69) is 23.7 Å². The Kier molecular flexibility index (Phi) is 4.66. The zero-order valence-corrected chi connectivity index (χ0v) is 8.26. The van der Waals surface area contributed by atoms with Crippen LogP contribution in [0.2, 0.25) is 0 Å². The van der Waals surface area contributed by atoms with Crippen LogP contribution in [0.25, 0.3) is 0 Å². The molecule has 0 spiro atoms. The highest BCUT2D eigenvalue weighted by molar-refractivity contribution is 5.79. The average molecular weight is 157 g/mol. The van der Waals surface area contributed by atoms with E-state index in [9.17, 15) is 0 Å². The van der Waals surface area contributed by atoms with E-state index in [1.54, 1.807) is 0 Å². The normalized spacial score (nSPS) is 11.5. The van der Waals surface area contributed by atoms with Gasteiger partial charge in [0.2, 0.25) is 0 Å². The lowest BCUT2D eigenvalue weighted by molar-refractivity contribution is 0.396. The van der Waals surface area contributed by atoms with E-state index in [4.69, 9.17) is 0 Å². The van der Waals surface area contributed by atoms with Crippen molar-refractivity contribution in [1.82, 2.24) is 9.80 Å². The fourth-order valence-corrected chi connectivity index (χ4v) is 1.13. The summed E-state index contributed by atoms with van der Waals surface area (Å²) in [4.78, 5) is 8.46. The third-order valence-electron chi connectivity index (χ3n) is 1.65. The fourth-order valence-electron chi connectivity index (χ4n) is 1.13. The Morgan fingerprint density at radius 2 is 1.64 bits per heavy atom. The standard InChI is InChI=1S/C8H19N3/c1-6-11(7-2)8(9-3)10(4)5/h6-7H2,1-5H3. The molecule has 3 heteroatoms. The first-order chi connectivity index (χ1) is 5.17. The largest absolute Gasteiger partial charge is 0.349 e. The van der Waals surface area contributed by atoms with Crippen LogP contribution in [-0.4, -0.2) is 50.0 Å². The first kappa shape index (κ1) is 10.3. The molecular formula is C8H19N3. The SMILES string of the molecule is CCN(CC)C(=NC)N(C)C. The molecule has 0 aromatic carbocycles. The maximum absolute atomic E-state index is 4.20. The van der Waals surface area contributed by atoms with Crippen LogP contribution in [0.1, 0.15) is 13.8 Å². The number of hydrogen-bond donors (Lipinski definition) is 0. The first-order valence-electron chi connectivity index (χ1n) is 4.06. The topological polar surface area (TPSA) is 18.8 Å². The Morgan fingerprint density at radius 3 is 1.73 bits per heavy atom. The van der Waals surface area contributed by atoms with Gasteiger partial charge in [0, 0.05) is 34.2 Å². The van der Waals surface area contributed by atoms with Gasteiger partial charge in [0.1, 0.15) is 0 Å². The Labute approximate surface area is 69.7 Å². The molecule has 0 heterocycles. The second kappa shape index (κ2) is 4.99. The quantitative estimate of drug-likeness (QED) is 0.437. The van der Waals surface area contributed by atoms with Gasteiger partial charge < -0.3 is 9.80 Å². The maximum atomic E-state index is 4.20. The minimum absolute atomic E-state index is 1.02. The summed E-state index contributed by atoms with van der Waals surface area (Å²) in [5, 5.41) is 0. The van der Waals surface area contributed by atoms with Gasteiger partial charge in [-0.2, -0.15) is 0 Å². The number of guanidine groups is 1. The molecule has 0 fully saturated rings. The fraction of sp³-hybridized carbons (Fsp3) is 0.875. The van der Waals surface area contributed by atoms with E-state index in [0.29, 0.717) is 0 Å². The van der Waals surface area contributed by atoms with Gasteiger partial charge in [0.05, 0.1) is 0 Å². The third kappa shape index (κ3) is 2.78. The molecule has 0 aliphatic rings. The molecule has 0 aliphatic carbocycles. The van der Waals surface area contributed by atoms with Gasteiger partial charge in [-0.3, -0.25) is 4.99 Å². The second-order valence-electron chi connectivity index (χ2n) is 2.59. The summed E-state index contributed by atoms with van der Waals surface area (Å²) in [6, 6.07) is 0. The van der Waals surface area contributed by atoms with Crippen molar-refractivity contribution in [1.29, 1.82) is 0 Å². The summed E-state index contributed by atoms with van der Waals surface area (Å²) < 4.78 is 0. The molecule has 0 radical (unpaired) electrons. The molecule has 66 valence electrons. The van der Waals surface area contributed by atoms with Crippen LogP contribution >= 0.6 is 0 Å². The molecule has 0 N–H and O–H groups in total. The van der Waals surface area contributed by atoms with Gasteiger partial charge >= 0.3 is 0 Å². The summed E-state index contributed by atoms with van der Waals surface area (Å²) in [7, 11) is 5.86. The minimum Gasteiger partial charge on any atom is -0.349 e. The highest BCUT2D eigenvalue weighted by Gasteiger charge is 2.06. The van der Waals surface area contributed by atoms with E-state index < -0.39 is 0 Å². The lowest BCUT2D eigenvalue weighted by atomic mass is 10.5. The third-order valence-corrected chi connectivity index (χ3v) is 1.65. The Morgan fingerprint density at radius 1 is 1.18 bits per heavy atom. The van der Waals surface area contributed by atoms with Crippen LogP contribution in [0.3, 0.4) is 0 Å². The van der Waals surface area contributed by atoms with Gasteiger partial charge in [-0.1, -0.05) is 0 Å². The zero-order valence-electron chi connectivity index (χ0n) is 8.26. The van der Waals surface area contributed by atoms with Gasteiger partial charge in [-0.05, 0) is 13.8 Å². The molecule has 0 aromatic rings. The van der Waals surface area contributed by atoms with Crippen LogP contribution in [0.4, 0.5) is 0 Å². The molecule has 0 saturated carbocycles. The predicted molar refractivity (Wildman–Crippen MR) is 50.0 cm³/mol. The summed E-state index contributed by atoms with van der Waals surface area (Å²) >= 11 is 0. The van der Waals surface area contributed by atoms with Crippen LogP contribution in [0.5, 0.6) is 0 Å². The minimum atomic E-state index is 1.02. The summed E-state index contributed by atoms with van der Waals surface area (Å²) in [6.45, 7) is 6.30. The Bertz CT molecular complexity index is 125. The molecule has 0 aliphatic heterocycles. The zero-order chi connectivity index (χ0) is 8.85. The van der Waals surface area contributed by atoms with Crippen molar-refractivity contribution in [2.75, 3.05) is 34.2 Å². The first-order valence-corrected chi connectivity index (χ1v) is 4.06. The molecule has 0 atom stereocenters. The van der Waals surface area contributed by atoms with Crippen molar-refractivity contribution >= 4 is 5.96 Å². The van der Waals surface area contributed by atoms with Crippen molar-refractivity contribution in [3.63, 3.8) is 0 Å². The maximum Gasteiger partial charge on any atom is 0.195 e. The van der Waals surface area contributed by atoms with E-state index >= 15 is 0 Å². The van der Waals surface area contributed by atoms with E-state index in [0.717, 1.165) is 19.0 Å². The Balaban J connectivity index is 4.23. The molecule has 0 aromatic heterocycles. The molecule has 11 heavy (non-hydrogen) atoms. The van der Waals surface area contributed by atoms with Crippen LogP contribution in [0.15, 0.2) is 4.99 Å². The number of aliphatic imine (C=N–C) groups is 1. The Hall–Kier alpha value is -0.730. The molecule has 0 bridgehead atoms. The predicted octanol–water partition coefficient (Wildman–Crippen LogP) is 0.876. The lowest BCUT2D eigenvalue weighted by Gasteiger charge is -2.27. The number of hydrogen-bond acceptors (Lipinski definition) is 1. The molecule has 0 saturated heterocycles. The molecule has 0 amide bonds. The van der Waals surface area contributed by atoms with Gasteiger partial charge in [-0.15, -0.1) is 0 Å². The monoisotopic (exact) mass is 157 g/mol. The highest BCUT2D eigenvalue weighted by atomic mass is 15.3. The summed E-state index contributed by atoms with van der Waals surface area (Å²) in [6.07, 6.45) is 0. The second-order valence-corrected chi connectivity index (χ2v) is 2.59. The average Bonchev–Trinajstić information content (AvgIpc) is 1.99. The number of rotatable bonds is 2. The number of nitrogens with zero attached hydrogens (tertiary/aromatic N) is 3. The van der Waals surface area contributed by atoms with Crippen LogP contribution < -0.4 is 0 Å². The molecule has 0 rings (SSSR count). The van der Waals surface area contributed by atoms with Crippen molar-refractivity contribution in [3.05, 3.63) is 0 Å². The van der Waals surface area contributed by atoms with E-state index in [1.807, 2.05) is 26.0 Å². The van der Waals surface area contributed by atoms with E-state index in [1.165, 1.54) is 0 Å². The van der Waals surface area contributed by atoms with Crippen molar-refractivity contribution in [2.45, 2.75) is 13.8 Å². The molecular weight excluding hydrogens is 138 g/mol. The molecule has 3 nitrogen and oxygen atoms in total. The van der Waals surface area contributed by atoms with Gasteiger partial charge in [0.15, 0.2) is 5.96 Å². The smallest absolute Gasteiger partial charge is 0.195 e. The summed E-state index contributed by atoms with van der Waals surface area (Å²) in [5.74, 6) is 1.05. The van der Waals surface area contributed by atoms with Gasteiger partial charge in [0.25, 0.3) is 0 Å². The van der Waals surface area contributed by atoms with Crippen LogP contribution in [0, 0.1) is 0 Å². The molecule has 0 unspecified atom stereocenters. The lowest BCUT2D eigenvalue weighted by Crippen LogP contribution is -2.40.